The molecule has 1 N–H and O–H groups in total. The standard InChI is InChI=1S/C17H20FN5O3/c1-2-26-17(25)22-9-7-13(8-10-22)19-16(24)15-11-23(21-20-15)14-5-3-12(18)4-6-14/h3-6,11,13H,2,7-10H2,1H3,(H,19,24). The molecule has 0 saturated carbocycles. The third kappa shape index (κ3) is 4.16. The Hall–Kier alpha value is -2.97. The maximum atomic E-state index is 13.0. The normalized spacial score (nSPS) is 14.9. The van der Waals surface area contributed by atoms with Crippen LogP contribution in [-0.2, 0) is 4.74 Å². The molecule has 0 atom stereocenters. The Balaban J connectivity index is 1.55. The zero-order chi connectivity index (χ0) is 18.5. The van der Waals surface area contributed by atoms with Gasteiger partial charge in [0.2, 0.25) is 0 Å². The molecule has 2 aromatic rings. The third-order valence-corrected chi connectivity index (χ3v) is 4.17. The van der Waals surface area contributed by atoms with Crippen molar-refractivity contribution in [3.8, 4) is 5.69 Å². The van der Waals surface area contributed by atoms with Crippen molar-refractivity contribution in [2.75, 3.05) is 19.7 Å². The SMILES string of the molecule is CCOC(=O)N1CCC(NC(=O)c2cn(-c3ccc(F)cc3)nn2)CC1. The fourth-order valence-corrected chi connectivity index (χ4v) is 2.77. The van der Waals surface area contributed by atoms with Crippen LogP contribution in [0.1, 0.15) is 30.3 Å². The van der Waals surface area contributed by atoms with Crippen LogP contribution in [0.4, 0.5) is 9.18 Å². The maximum Gasteiger partial charge on any atom is 0.409 e. The first-order valence-corrected chi connectivity index (χ1v) is 8.47. The minimum atomic E-state index is -0.346. The maximum absolute atomic E-state index is 13.0. The number of nitrogens with zero attached hydrogens (tertiary/aromatic N) is 4. The molecule has 0 aliphatic carbocycles. The van der Waals surface area contributed by atoms with E-state index in [0.717, 1.165) is 0 Å². The summed E-state index contributed by atoms with van der Waals surface area (Å²) in [7, 11) is 0. The van der Waals surface area contributed by atoms with E-state index in [1.807, 2.05) is 0 Å². The van der Waals surface area contributed by atoms with Crippen LogP contribution in [0.5, 0.6) is 0 Å². The summed E-state index contributed by atoms with van der Waals surface area (Å²) in [5, 5.41) is 10.7. The third-order valence-electron chi connectivity index (χ3n) is 4.17. The number of hydrogen-bond acceptors (Lipinski definition) is 5. The molecular formula is C17H20FN5O3. The Bertz CT molecular complexity index is 769. The van der Waals surface area contributed by atoms with Crippen LogP contribution in [0.25, 0.3) is 5.69 Å². The van der Waals surface area contributed by atoms with Gasteiger partial charge in [-0.3, -0.25) is 4.79 Å². The molecule has 1 fully saturated rings. The second-order valence-electron chi connectivity index (χ2n) is 5.96. The number of carbonyl (C=O) groups is 2. The van der Waals surface area contributed by atoms with Crippen molar-refractivity contribution >= 4 is 12.0 Å². The number of nitrogens with one attached hydrogen (secondary N) is 1. The van der Waals surface area contributed by atoms with Gasteiger partial charge in [0, 0.05) is 19.1 Å². The number of piperidine rings is 1. The second kappa shape index (κ2) is 7.94. The van der Waals surface area contributed by atoms with Gasteiger partial charge in [0.1, 0.15) is 5.82 Å². The van der Waals surface area contributed by atoms with Gasteiger partial charge in [-0.25, -0.2) is 13.9 Å². The molecule has 138 valence electrons. The Labute approximate surface area is 149 Å². The topological polar surface area (TPSA) is 89.4 Å². The average molecular weight is 361 g/mol. The monoisotopic (exact) mass is 361 g/mol. The van der Waals surface area contributed by atoms with Gasteiger partial charge in [0.25, 0.3) is 5.91 Å². The van der Waals surface area contributed by atoms with Crippen LogP contribution >= 0.6 is 0 Å². The molecular weight excluding hydrogens is 341 g/mol. The molecule has 1 saturated heterocycles. The van der Waals surface area contributed by atoms with Crippen LogP contribution in [-0.4, -0.2) is 57.6 Å². The van der Waals surface area contributed by atoms with Gasteiger partial charge in [-0.1, -0.05) is 5.21 Å². The van der Waals surface area contributed by atoms with Gasteiger partial charge in [-0.15, -0.1) is 5.10 Å². The summed E-state index contributed by atoms with van der Waals surface area (Å²) in [5.41, 5.74) is 0.794. The van der Waals surface area contributed by atoms with E-state index in [2.05, 4.69) is 15.6 Å². The van der Waals surface area contributed by atoms with Crippen LogP contribution in [0.2, 0.25) is 0 Å². The first kappa shape index (κ1) is 17.8. The van der Waals surface area contributed by atoms with Gasteiger partial charge in [0.05, 0.1) is 18.5 Å². The van der Waals surface area contributed by atoms with Crippen molar-refractivity contribution in [2.24, 2.45) is 0 Å². The number of carbonyl (C=O) groups excluding carboxylic acids is 2. The summed E-state index contributed by atoms with van der Waals surface area (Å²) in [4.78, 5) is 25.7. The molecule has 0 spiro atoms. The van der Waals surface area contributed by atoms with Gasteiger partial charge < -0.3 is 15.0 Å². The van der Waals surface area contributed by atoms with E-state index in [1.165, 1.54) is 23.0 Å². The Morgan fingerprint density at radius 2 is 1.96 bits per heavy atom. The largest absolute Gasteiger partial charge is 0.450 e. The number of amides is 2. The minimum absolute atomic E-state index is 0.0378. The van der Waals surface area contributed by atoms with Crippen LogP contribution < -0.4 is 5.32 Å². The Morgan fingerprint density at radius 1 is 1.27 bits per heavy atom. The average Bonchev–Trinajstić information content (AvgIpc) is 3.13. The van der Waals surface area contributed by atoms with Crippen LogP contribution in [0.3, 0.4) is 0 Å². The van der Waals surface area contributed by atoms with Crippen molar-refractivity contribution in [3.05, 3.63) is 42.0 Å². The van der Waals surface area contributed by atoms with Gasteiger partial charge in [0.15, 0.2) is 5.69 Å². The van der Waals surface area contributed by atoms with Gasteiger partial charge in [-0.05, 0) is 44.0 Å². The minimum Gasteiger partial charge on any atom is -0.450 e. The van der Waals surface area contributed by atoms with Crippen molar-refractivity contribution in [2.45, 2.75) is 25.8 Å². The van der Waals surface area contributed by atoms with E-state index in [0.29, 0.717) is 38.2 Å². The molecule has 1 aliphatic rings. The first-order chi connectivity index (χ1) is 12.6. The van der Waals surface area contributed by atoms with E-state index in [1.54, 1.807) is 24.0 Å². The molecule has 3 rings (SSSR count). The fraction of sp³-hybridized carbons (Fsp3) is 0.412. The van der Waals surface area contributed by atoms with Crippen LogP contribution in [0, 0.1) is 5.82 Å². The lowest BCUT2D eigenvalue weighted by Gasteiger charge is -2.31. The molecule has 2 amide bonds. The molecule has 9 heteroatoms. The zero-order valence-corrected chi connectivity index (χ0v) is 14.4. The lowest BCUT2D eigenvalue weighted by atomic mass is 10.1. The lowest BCUT2D eigenvalue weighted by Crippen LogP contribution is -2.46. The molecule has 0 radical (unpaired) electrons. The highest BCUT2D eigenvalue weighted by Crippen LogP contribution is 2.13. The number of rotatable bonds is 4. The summed E-state index contributed by atoms with van der Waals surface area (Å²) in [6.07, 6.45) is 2.48. The van der Waals surface area contributed by atoms with E-state index < -0.39 is 0 Å². The highest BCUT2D eigenvalue weighted by Gasteiger charge is 2.25. The Morgan fingerprint density at radius 3 is 2.62 bits per heavy atom. The Kier molecular flexibility index (Phi) is 5.45. The van der Waals surface area contributed by atoms with E-state index in [4.69, 9.17) is 4.74 Å². The second-order valence-corrected chi connectivity index (χ2v) is 5.96. The van der Waals surface area contributed by atoms with Gasteiger partial charge in [-0.2, -0.15) is 0 Å². The molecule has 1 aromatic heterocycles. The number of hydrogen-bond donors (Lipinski definition) is 1. The first-order valence-electron chi connectivity index (χ1n) is 8.47. The summed E-state index contributed by atoms with van der Waals surface area (Å²) in [6, 6.07) is 5.69. The predicted octanol–water partition coefficient (Wildman–Crippen LogP) is 1.76. The molecule has 1 aliphatic heterocycles. The number of halogens is 1. The predicted molar refractivity (Wildman–Crippen MR) is 90.4 cm³/mol. The summed E-state index contributed by atoms with van der Waals surface area (Å²) in [6.45, 7) is 3.18. The molecule has 26 heavy (non-hydrogen) atoms. The molecule has 2 heterocycles. The highest BCUT2D eigenvalue weighted by molar-refractivity contribution is 5.92. The van der Waals surface area contributed by atoms with Crippen LogP contribution in [0.15, 0.2) is 30.5 Å². The number of aromatic nitrogens is 3. The fourth-order valence-electron chi connectivity index (χ4n) is 2.77. The summed E-state index contributed by atoms with van der Waals surface area (Å²) in [5.74, 6) is -0.672. The van der Waals surface area contributed by atoms with Crippen molar-refractivity contribution in [1.29, 1.82) is 0 Å². The van der Waals surface area contributed by atoms with Crippen molar-refractivity contribution < 1.29 is 18.7 Å². The zero-order valence-electron chi connectivity index (χ0n) is 14.4. The number of likely N-dealkylation sites (tertiary alicyclic amines) is 1. The lowest BCUT2D eigenvalue weighted by molar-refractivity contribution is 0.0856. The smallest absolute Gasteiger partial charge is 0.409 e. The summed E-state index contributed by atoms with van der Waals surface area (Å²) >= 11 is 0. The number of benzene rings is 1. The van der Waals surface area contributed by atoms with E-state index in [9.17, 15) is 14.0 Å². The number of ether oxygens (including phenoxy) is 1. The van der Waals surface area contributed by atoms with Gasteiger partial charge >= 0.3 is 6.09 Å². The quantitative estimate of drug-likeness (QED) is 0.896. The molecule has 0 unspecified atom stereocenters. The van der Waals surface area contributed by atoms with Crippen molar-refractivity contribution in [1.82, 2.24) is 25.2 Å². The highest BCUT2D eigenvalue weighted by atomic mass is 19.1. The molecule has 0 bridgehead atoms. The molecule has 1 aromatic carbocycles. The molecule has 8 nitrogen and oxygen atoms in total. The van der Waals surface area contributed by atoms with Crippen molar-refractivity contribution in [3.63, 3.8) is 0 Å². The van der Waals surface area contributed by atoms with E-state index in [-0.39, 0.29) is 29.6 Å². The van der Waals surface area contributed by atoms with E-state index >= 15 is 0 Å². The summed E-state index contributed by atoms with van der Waals surface area (Å²) < 4.78 is 19.4.